The van der Waals surface area contributed by atoms with E-state index in [1.54, 1.807) is 6.08 Å². The highest BCUT2D eigenvalue weighted by Crippen LogP contribution is 1.81. The summed E-state index contributed by atoms with van der Waals surface area (Å²) in [6.07, 6.45) is 3.89. The first-order chi connectivity index (χ1) is 2.41. The molecule has 0 spiro atoms. The minimum atomic E-state index is 1.04. The van der Waals surface area contributed by atoms with E-state index in [1.807, 2.05) is 0 Å². The summed E-state index contributed by atoms with van der Waals surface area (Å²) in [6.45, 7) is 7.11. The molecular formula is C5H9-. The Bertz CT molecular complexity index is 21.2. The third-order valence-corrected chi connectivity index (χ3v) is 0.455. The number of unbranched alkanes of at least 4 members (excludes halogenated alkanes) is 1. The molecule has 0 fully saturated rings. The maximum absolute atomic E-state index is 5.01. The van der Waals surface area contributed by atoms with E-state index in [9.17, 15) is 0 Å². The van der Waals surface area contributed by atoms with Gasteiger partial charge in [0, 0.05) is 0 Å². The van der Waals surface area contributed by atoms with Gasteiger partial charge in [0.1, 0.15) is 0 Å². The summed E-state index contributed by atoms with van der Waals surface area (Å²) in [6, 6.07) is 0. The van der Waals surface area contributed by atoms with Gasteiger partial charge in [0.05, 0.1) is 0 Å². The highest BCUT2D eigenvalue weighted by Gasteiger charge is 1.56. The molecule has 0 saturated heterocycles. The average molecular weight is 69.1 g/mol. The molecule has 0 atom stereocenters. The quantitative estimate of drug-likeness (QED) is 0.433. The molecule has 0 unspecified atom stereocenters. The molecule has 0 aromatic heterocycles. The van der Waals surface area contributed by atoms with Gasteiger partial charge in [-0.25, -0.2) is 0 Å². The van der Waals surface area contributed by atoms with Crippen LogP contribution in [-0.2, 0) is 0 Å². The molecule has 0 heterocycles. The van der Waals surface area contributed by atoms with Gasteiger partial charge in [-0.15, -0.1) is 0 Å². The molecule has 0 bridgehead atoms. The first-order valence-electron chi connectivity index (χ1n) is 1.95. The number of hydrogen-bond acceptors (Lipinski definition) is 0. The van der Waals surface area contributed by atoms with Crippen LogP contribution in [0.15, 0.2) is 6.08 Å². The summed E-state index contributed by atoms with van der Waals surface area (Å²) < 4.78 is 0. The smallest absolute Gasteiger partial charge is 0.0554 e. The van der Waals surface area contributed by atoms with Crippen molar-refractivity contribution in [3.8, 4) is 0 Å². The van der Waals surface area contributed by atoms with E-state index in [2.05, 4.69) is 6.92 Å². The summed E-state index contributed by atoms with van der Waals surface area (Å²) in [7, 11) is 0. The van der Waals surface area contributed by atoms with Crippen LogP contribution in [0.5, 0.6) is 0 Å². The Hall–Kier alpha value is -0.260. The van der Waals surface area contributed by atoms with E-state index in [0.29, 0.717) is 0 Å². The molecule has 0 N–H and O–H groups in total. The van der Waals surface area contributed by atoms with Crippen molar-refractivity contribution in [2.24, 2.45) is 0 Å². The van der Waals surface area contributed by atoms with Crippen molar-refractivity contribution in [3.05, 3.63) is 12.7 Å². The van der Waals surface area contributed by atoms with Crippen molar-refractivity contribution in [1.29, 1.82) is 0 Å². The Morgan fingerprint density at radius 2 is 2.40 bits per heavy atom. The first kappa shape index (κ1) is 4.74. The maximum atomic E-state index is 5.01. The van der Waals surface area contributed by atoms with Crippen molar-refractivity contribution >= 4 is 0 Å². The van der Waals surface area contributed by atoms with Gasteiger partial charge in [0.25, 0.3) is 0 Å². The summed E-state index contributed by atoms with van der Waals surface area (Å²) in [5, 5.41) is 0. The molecule has 0 radical (unpaired) electrons. The second-order valence-corrected chi connectivity index (χ2v) is 1.02. The van der Waals surface area contributed by atoms with Crippen molar-refractivity contribution in [2.45, 2.75) is 19.8 Å². The van der Waals surface area contributed by atoms with Gasteiger partial charge in [-0.2, -0.15) is 0 Å². The van der Waals surface area contributed by atoms with Gasteiger partial charge < -0.3 is 6.58 Å². The molecule has 0 rings (SSSR count). The monoisotopic (exact) mass is 69.1 g/mol. The van der Waals surface area contributed by atoms with Crippen LogP contribution >= 0.6 is 0 Å². The fourth-order valence-electron chi connectivity index (χ4n) is 0.167. The van der Waals surface area contributed by atoms with E-state index < -0.39 is 0 Å². The summed E-state index contributed by atoms with van der Waals surface area (Å²) in [5.74, 6) is 0. The predicted octanol–water partition coefficient (Wildman–Crippen LogP) is 1.78. The van der Waals surface area contributed by atoms with E-state index in [-0.39, 0.29) is 0 Å². The van der Waals surface area contributed by atoms with E-state index in [4.69, 9.17) is 6.58 Å². The molecule has 0 amide bonds. The summed E-state index contributed by atoms with van der Waals surface area (Å²) >= 11 is 0. The minimum Gasteiger partial charge on any atom is -0.518 e. The Labute approximate surface area is 33.5 Å². The Morgan fingerprint density at radius 1 is 1.80 bits per heavy atom. The van der Waals surface area contributed by atoms with Crippen LogP contribution in [0.3, 0.4) is 0 Å². The lowest BCUT2D eigenvalue weighted by Crippen LogP contribution is -1.52. The summed E-state index contributed by atoms with van der Waals surface area (Å²) in [4.78, 5) is 0. The molecule has 0 aliphatic rings. The maximum Gasteiger partial charge on any atom is -0.0554 e. The van der Waals surface area contributed by atoms with Crippen LogP contribution in [0.1, 0.15) is 19.8 Å². The third-order valence-electron chi connectivity index (χ3n) is 0.455. The summed E-state index contributed by atoms with van der Waals surface area (Å²) in [5.41, 5.74) is 0. The highest BCUT2D eigenvalue weighted by atomic mass is 13.7. The van der Waals surface area contributed by atoms with Gasteiger partial charge in [-0.3, -0.25) is 6.08 Å². The molecule has 0 aromatic rings. The van der Waals surface area contributed by atoms with E-state index in [1.165, 1.54) is 0 Å². The van der Waals surface area contributed by atoms with E-state index in [0.717, 1.165) is 12.8 Å². The topological polar surface area (TPSA) is 0 Å². The van der Waals surface area contributed by atoms with Crippen LogP contribution in [0, 0.1) is 6.58 Å². The molecule has 0 heteroatoms. The standard InChI is InChI=1S/C5H9/c1-3-5-4-2/h1,3H,4-5H2,2H3/q-1. The largest absolute Gasteiger partial charge is 0.518 e. The second kappa shape index (κ2) is 3.74. The molecule has 0 aromatic carbocycles. The van der Waals surface area contributed by atoms with Gasteiger partial charge in [-0.1, -0.05) is 19.8 Å². The lowest BCUT2D eigenvalue weighted by atomic mass is 10.3. The minimum absolute atomic E-state index is 1.04. The number of allylic oxidation sites excluding steroid dienone is 1. The molecule has 0 saturated carbocycles. The number of rotatable bonds is 2. The molecule has 0 aliphatic carbocycles. The normalized spacial score (nSPS) is 7.40. The lowest BCUT2D eigenvalue weighted by molar-refractivity contribution is 0.960. The molecule has 5 heavy (non-hydrogen) atoms. The molecular weight excluding hydrogens is 60.1 g/mol. The zero-order chi connectivity index (χ0) is 4.12. The third kappa shape index (κ3) is 3.74. The molecule has 0 aliphatic heterocycles. The van der Waals surface area contributed by atoms with Gasteiger partial charge in [0.2, 0.25) is 0 Å². The number of hydrogen-bond donors (Lipinski definition) is 0. The Balaban J connectivity index is 2.40. The van der Waals surface area contributed by atoms with Crippen molar-refractivity contribution in [3.63, 3.8) is 0 Å². The Morgan fingerprint density at radius 3 is 2.40 bits per heavy atom. The first-order valence-corrected chi connectivity index (χ1v) is 1.95. The second-order valence-electron chi connectivity index (χ2n) is 1.02. The SMILES string of the molecule is [CH-]=CCCC. The predicted molar refractivity (Wildman–Crippen MR) is 23.8 cm³/mol. The fraction of sp³-hybridized carbons (Fsp3) is 0.600. The Kier molecular flexibility index (Phi) is 3.55. The van der Waals surface area contributed by atoms with E-state index >= 15 is 0 Å². The van der Waals surface area contributed by atoms with Crippen molar-refractivity contribution < 1.29 is 0 Å². The average Bonchev–Trinajstić information content (AvgIpc) is 1.41. The van der Waals surface area contributed by atoms with Gasteiger partial charge in [0.15, 0.2) is 0 Å². The van der Waals surface area contributed by atoms with Gasteiger partial charge >= 0.3 is 0 Å². The molecule has 0 nitrogen and oxygen atoms in total. The molecule has 30 valence electrons. The van der Waals surface area contributed by atoms with Crippen LogP contribution in [0.2, 0.25) is 0 Å². The van der Waals surface area contributed by atoms with Gasteiger partial charge in [-0.05, 0) is 0 Å². The zero-order valence-corrected chi connectivity index (χ0v) is 3.57. The van der Waals surface area contributed by atoms with Crippen LogP contribution in [-0.4, -0.2) is 0 Å². The van der Waals surface area contributed by atoms with Crippen LogP contribution in [0.4, 0.5) is 0 Å². The van der Waals surface area contributed by atoms with Crippen LogP contribution < -0.4 is 0 Å². The van der Waals surface area contributed by atoms with Crippen LogP contribution in [0.25, 0.3) is 0 Å². The van der Waals surface area contributed by atoms with Crippen molar-refractivity contribution in [1.82, 2.24) is 0 Å². The fourth-order valence-corrected chi connectivity index (χ4v) is 0.167. The zero-order valence-electron chi connectivity index (χ0n) is 3.57. The lowest BCUT2D eigenvalue weighted by Gasteiger charge is -1.80. The highest BCUT2D eigenvalue weighted by molar-refractivity contribution is 4.58. The van der Waals surface area contributed by atoms with Crippen molar-refractivity contribution in [2.75, 3.05) is 0 Å².